The third kappa shape index (κ3) is 4.85. The van der Waals surface area contributed by atoms with Gasteiger partial charge in [-0.15, -0.1) is 11.3 Å². The van der Waals surface area contributed by atoms with Gasteiger partial charge in [0.2, 0.25) is 0 Å². The summed E-state index contributed by atoms with van der Waals surface area (Å²) in [5.41, 5.74) is 4.51. The molecule has 2 aromatic heterocycles. The Labute approximate surface area is 220 Å². The number of amides is 1. The SMILES string of the molecule is CCC(c1nc2ccccc2c(=O)n1-c1ccc(C)c(C)c1)N(Cc1ccccc1)C(=O)c1cccs1. The van der Waals surface area contributed by atoms with Crippen molar-refractivity contribution in [3.63, 3.8) is 0 Å². The molecule has 5 aromatic rings. The zero-order valence-electron chi connectivity index (χ0n) is 21.2. The largest absolute Gasteiger partial charge is 0.323 e. The lowest BCUT2D eigenvalue weighted by Gasteiger charge is -2.32. The Balaban J connectivity index is 1.75. The second-order valence-electron chi connectivity index (χ2n) is 9.22. The highest BCUT2D eigenvalue weighted by molar-refractivity contribution is 7.12. The zero-order valence-corrected chi connectivity index (χ0v) is 22.0. The molecule has 0 fully saturated rings. The fourth-order valence-electron chi connectivity index (χ4n) is 4.68. The average molecular weight is 508 g/mol. The first-order valence-electron chi connectivity index (χ1n) is 12.5. The van der Waals surface area contributed by atoms with Gasteiger partial charge in [-0.3, -0.25) is 14.2 Å². The quantitative estimate of drug-likeness (QED) is 0.242. The molecule has 0 saturated heterocycles. The Kier molecular flexibility index (Phi) is 7.01. The van der Waals surface area contributed by atoms with Crippen molar-refractivity contribution < 1.29 is 4.79 Å². The van der Waals surface area contributed by atoms with Gasteiger partial charge in [0, 0.05) is 6.54 Å². The molecule has 0 saturated carbocycles. The fourth-order valence-corrected chi connectivity index (χ4v) is 5.35. The number of para-hydroxylation sites is 1. The number of nitrogens with zero attached hydrogens (tertiary/aromatic N) is 3. The van der Waals surface area contributed by atoms with Crippen molar-refractivity contribution >= 4 is 28.1 Å². The second-order valence-corrected chi connectivity index (χ2v) is 10.2. The molecule has 5 nitrogen and oxygen atoms in total. The lowest BCUT2D eigenvalue weighted by molar-refractivity contribution is 0.0646. The van der Waals surface area contributed by atoms with Crippen molar-refractivity contribution in [2.75, 3.05) is 0 Å². The van der Waals surface area contributed by atoms with E-state index in [-0.39, 0.29) is 11.5 Å². The predicted octanol–water partition coefficient (Wildman–Crippen LogP) is 6.86. The molecule has 186 valence electrons. The van der Waals surface area contributed by atoms with Crippen LogP contribution in [0.15, 0.2) is 95.1 Å². The summed E-state index contributed by atoms with van der Waals surface area (Å²) in [5, 5.41) is 2.47. The number of carbonyl (C=O) groups excluding carboxylic acids is 1. The summed E-state index contributed by atoms with van der Waals surface area (Å²) in [6.45, 7) is 6.54. The summed E-state index contributed by atoms with van der Waals surface area (Å²) < 4.78 is 1.70. The smallest absolute Gasteiger partial charge is 0.266 e. The standard InChI is InChI=1S/C31H29N3O2S/c1-4-27(33(20-23-11-6-5-7-12-23)31(36)28-15-10-18-37-28)29-32-26-14-9-8-13-25(26)30(35)34(29)24-17-16-21(2)22(3)19-24/h5-19,27H,4,20H2,1-3H3. The summed E-state index contributed by atoms with van der Waals surface area (Å²) in [7, 11) is 0. The molecule has 0 spiro atoms. The summed E-state index contributed by atoms with van der Waals surface area (Å²) in [5.74, 6) is 0.495. The van der Waals surface area contributed by atoms with Gasteiger partial charge in [0.1, 0.15) is 5.82 Å². The highest BCUT2D eigenvalue weighted by atomic mass is 32.1. The van der Waals surface area contributed by atoms with Crippen LogP contribution in [0.2, 0.25) is 0 Å². The van der Waals surface area contributed by atoms with E-state index >= 15 is 0 Å². The Morgan fingerprint density at radius 3 is 2.41 bits per heavy atom. The van der Waals surface area contributed by atoms with Crippen molar-refractivity contribution in [2.24, 2.45) is 0 Å². The lowest BCUT2D eigenvalue weighted by atomic mass is 10.1. The summed E-state index contributed by atoms with van der Waals surface area (Å²) in [6, 6.07) is 26.7. The van der Waals surface area contributed by atoms with E-state index in [1.807, 2.05) is 109 Å². The van der Waals surface area contributed by atoms with E-state index in [9.17, 15) is 9.59 Å². The van der Waals surface area contributed by atoms with Gasteiger partial charge in [-0.05, 0) is 72.7 Å². The topological polar surface area (TPSA) is 55.2 Å². The van der Waals surface area contributed by atoms with Crippen LogP contribution in [0.3, 0.4) is 0 Å². The first-order chi connectivity index (χ1) is 18.0. The van der Waals surface area contributed by atoms with Crippen molar-refractivity contribution in [1.82, 2.24) is 14.5 Å². The molecule has 6 heteroatoms. The molecule has 37 heavy (non-hydrogen) atoms. The Morgan fingerprint density at radius 2 is 1.70 bits per heavy atom. The number of aryl methyl sites for hydroxylation is 2. The normalized spacial score (nSPS) is 12.0. The molecule has 3 aromatic carbocycles. The number of benzene rings is 3. The van der Waals surface area contributed by atoms with E-state index in [4.69, 9.17) is 4.98 Å². The van der Waals surface area contributed by atoms with E-state index in [0.29, 0.717) is 34.6 Å². The average Bonchev–Trinajstić information content (AvgIpc) is 3.46. The molecule has 1 atom stereocenters. The Morgan fingerprint density at radius 1 is 0.946 bits per heavy atom. The number of rotatable bonds is 7. The van der Waals surface area contributed by atoms with E-state index in [1.54, 1.807) is 4.57 Å². The van der Waals surface area contributed by atoms with Gasteiger partial charge >= 0.3 is 0 Å². The molecular weight excluding hydrogens is 478 g/mol. The van der Waals surface area contributed by atoms with E-state index in [2.05, 4.69) is 6.92 Å². The van der Waals surface area contributed by atoms with Gasteiger partial charge in [0.15, 0.2) is 0 Å². The molecule has 1 amide bonds. The summed E-state index contributed by atoms with van der Waals surface area (Å²) in [6.07, 6.45) is 0.597. The zero-order chi connectivity index (χ0) is 25.9. The van der Waals surface area contributed by atoms with E-state index < -0.39 is 6.04 Å². The predicted molar refractivity (Wildman–Crippen MR) is 150 cm³/mol. The minimum atomic E-state index is -0.422. The van der Waals surface area contributed by atoms with Crippen LogP contribution >= 0.6 is 11.3 Å². The minimum Gasteiger partial charge on any atom is -0.323 e. The van der Waals surface area contributed by atoms with Crippen molar-refractivity contribution in [3.05, 3.63) is 128 Å². The number of fused-ring (bicyclic) bond motifs is 1. The molecule has 2 heterocycles. The first kappa shape index (κ1) is 24.7. The molecule has 0 radical (unpaired) electrons. The van der Waals surface area contributed by atoms with Gasteiger partial charge in [-0.1, -0.05) is 61.5 Å². The van der Waals surface area contributed by atoms with E-state index in [0.717, 1.165) is 22.4 Å². The van der Waals surface area contributed by atoms with Crippen LogP contribution in [0.25, 0.3) is 16.6 Å². The summed E-state index contributed by atoms with van der Waals surface area (Å²) >= 11 is 1.42. The monoisotopic (exact) mass is 507 g/mol. The summed E-state index contributed by atoms with van der Waals surface area (Å²) in [4.78, 5) is 35.4. The number of thiophene rings is 1. The molecule has 0 bridgehead atoms. The molecule has 1 unspecified atom stereocenters. The highest BCUT2D eigenvalue weighted by Gasteiger charge is 2.30. The van der Waals surface area contributed by atoms with Gasteiger partial charge in [-0.25, -0.2) is 4.98 Å². The lowest BCUT2D eigenvalue weighted by Crippen LogP contribution is -2.38. The Hall–Kier alpha value is -4.03. The van der Waals surface area contributed by atoms with Crippen LogP contribution < -0.4 is 5.56 Å². The molecule has 0 aliphatic rings. The minimum absolute atomic E-state index is 0.0697. The van der Waals surface area contributed by atoms with E-state index in [1.165, 1.54) is 11.3 Å². The molecular formula is C31H29N3O2S. The van der Waals surface area contributed by atoms with Crippen molar-refractivity contribution in [3.8, 4) is 5.69 Å². The van der Waals surface area contributed by atoms with Crippen molar-refractivity contribution in [1.29, 1.82) is 0 Å². The van der Waals surface area contributed by atoms with Crippen LogP contribution in [0.1, 0.15) is 51.6 Å². The van der Waals surface area contributed by atoms with Crippen LogP contribution in [-0.2, 0) is 6.54 Å². The molecule has 0 aliphatic heterocycles. The molecule has 5 rings (SSSR count). The first-order valence-corrected chi connectivity index (χ1v) is 13.3. The van der Waals surface area contributed by atoms with Gasteiger partial charge < -0.3 is 4.90 Å². The maximum absolute atomic E-state index is 14.0. The van der Waals surface area contributed by atoms with Crippen LogP contribution in [0, 0.1) is 13.8 Å². The number of carbonyl (C=O) groups is 1. The molecule has 0 aliphatic carbocycles. The number of hydrogen-bond acceptors (Lipinski definition) is 4. The third-order valence-corrected chi connectivity index (χ3v) is 7.66. The highest BCUT2D eigenvalue weighted by Crippen LogP contribution is 2.30. The molecule has 0 N–H and O–H groups in total. The second kappa shape index (κ2) is 10.5. The van der Waals surface area contributed by atoms with Gasteiger partial charge in [0.25, 0.3) is 11.5 Å². The van der Waals surface area contributed by atoms with Crippen LogP contribution in [0.4, 0.5) is 0 Å². The van der Waals surface area contributed by atoms with Crippen LogP contribution in [0.5, 0.6) is 0 Å². The van der Waals surface area contributed by atoms with Gasteiger partial charge in [0.05, 0.1) is 27.5 Å². The van der Waals surface area contributed by atoms with Crippen LogP contribution in [-0.4, -0.2) is 20.4 Å². The maximum atomic E-state index is 14.0. The third-order valence-electron chi connectivity index (χ3n) is 6.80. The van der Waals surface area contributed by atoms with Gasteiger partial charge in [-0.2, -0.15) is 0 Å². The fraction of sp³-hybridized carbons (Fsp3) is 0.194. The maximum Gasteiger partial charge on any atom is 0.266 e. The Bertz CT molecular complexity index is 1610. The van der Waals surface area contributed by atoms with Crippen molar-refractivity contribution in [2.45, 2.75) is 39.8 Å². The number of aromatic nitrogens is 2. The number of hydrogen-bond donors (Lipinski definition) is 0.